The van der Waals surface area contributed by atoms with Gasteiger partial charge in [-0.05, 0) is 31.1 Å². The fourth-order valence-corrected chi connectivity index (χ4v) is 5.41. The lowest BCUT2D eigenvalue weighted by Gasteiger charge is -2.43. The highest BCUT2D eigenvalue weighted by atomic mass is 32.2. The van der Waals surface area contributed by atoms with Gasteiger partial charge in [-0.15, -0.1) is 0 Å². The molecule has 0 unspecified atom stereocenters. The minimum absolute atomic E-state index is 0.0466. The lowest BCUT2D eigenvalue weighted by Crippen LogP contribution is -2.50. The molecule has 0 saturated heterocycles. The Morgan fingerprint density at radius 2 is 1.91 bits per heavy atom. The number of rotatable bonds is 6. The van der Waals surface area contributed by atoms with E-state index in [0.717, 1.165) is 24.8 Å². The number of hydrogen-bond acceptors (Lipinski definition) is 3. The van der Waals surface area contributed by atoms with Crippen molar-refractivity contribution < 1.29 is 25.8 Å². The lowest BCUT2D eigenvalue weighted by molar-refractivity contribution is -0.0866. The fraction of sp³-hybridized carbons (Fsp3) is 0.875. The molecule has 0 N–H and O–H groups in total. The molecule has 0 aromatic heterocycles. The van der Waals surface area contributed by atoms with Gasteiger partial charge in [-0.2, -0.15) is 21.6 Å². The maximum atomic E-state index is 12.9. The molecule has 134 valence electrons. The topological polar surface area (TPSA) is 43.4 Å². The van der Waals surface area contributed by atoms with Gasteiger partial charge in [0, 0.05) is 5.41 Å². The molecule has 0 amide bonds. The molecule has 2 saturated carbocycles. The number of hydrogen-bond donors (Lipinski definition) is 0. The van der Waals surface area contributed by atoms with Crippen molar-refractivity contribution in [2.45, 2.75) is 70.4 Å². The van der Waals surface area contributed by atoms with Crippen molar-refractivity contribution in [3.8, 4) is 0 Å². The standard InChI is InChI=1S/C16H25F3O3S/c1-5-6-7-8-13-12-9-10-15(13,14(3,4)11(12)2)22-23(20,21)16(17,18)19/h12-13H,2,5-10H2,1,3-4H3/t12-,13+,15+/m0/s1. The normalized spacial score (nSPS) is 33.4. The first-order valence-corrected chi connectivity index (χ1v) is 9.52. The van der Waals surface area contributed by atoms with Gasteiger partial charge >= 0.3 is 15.6 Å². The Morgan fingerprint density at radius 3 is 2.43 bits per heavy atom. The van der Waals surface area contributed by atoms with Crippen molar-refractivity contribution in [2.24, 2.45) is 17.3 Å². The van der Waals surface area contributed by atoms with E-state index in [4.69, 9.17) is 4.18 Å². The van der Waals surface area contributed by atoms with Crippen molar-refractivity contribution in [2.75, 3.05) is 0 Å². The summed E-state index contributed by atoms with van der Waals surface area (Å²) in [5.41, 5.74) is -6.68. The third-order valence-electron chi connectivity index (χ3n) is 5.88. The summed E-state index contributed by atoms with van der Waals surface area (Å²) in [5.74, 6) is -0.168. The van der Waals surface area contributed by atoms with Gasteiger partial charge < -0.3 is 0 Å². The molecule has 23 heavy (non-hydrogen) atoms. The summed E-state index contributed by atoms with van der Waals surface area (Å²) >= 11 is 0. The lowest BCUT2D eigenvalue weighted by atomic mass is 9.69. The molecular weight excluding hydrogens is 329 g/mol. The molecule has 2 rings (SSSR count). The summed E-state index contributed by atoms with van der Waals surface area (Å²) in [5, 5.41) is 0. The molecule has 2 aliphatic rings. The van der Waals surface area contributed by atoms with Crippen LogP contribution in [-0.2, 0) is 14.3 Å². The highest BCUT2D eigenvalue weighted by Crippen LogP contribution is 2.67. The molecule has 0 heterocycles. The molecular formula is C16H25F3O3S. The van der Waals surface area contributed by atoms with E-state index < -0.39 is 26.6 Å². The number of unbranched alkanes of at least 4 members (excludes halogenated alkanes) is 2. The molecule has 3 atom stereocenters. The van der Waals surface area contributed by atoms with Crippen LogP contribution in [0.5, 0.6) is 0 Å². The summed E-state index contributed by atoms with van der Waals surface area (Å²) in [4.78, 5) is 0. The third-order valence-corrected chi connectivity index (χ3v) is 6.96. The van der Waals surface area contributed by atoms with E-state index >= 15 is 0 Å². The van der Waals surface area contributed by atoms with Crippen LogP contribution in [0, 0.1) is 17.3 Å². The summed E-state index contributed by atoms with van der Waals surface area (Å²) in [6, 6.07) is 0. The number of fused-ring (bicyclic) bond motifs is 2. The van der Waals surface area contributed by atoms with E-state index in [2.05, 4.69) is 6.58 Å². The van der Waals surface area contributed by atoms with Crippen LogP contribution >= 0.6 is 0 Å². The average Bonchev–Trinajstić information content (AvgIpc) is 2.81. The smallest absolute Gasteiger partial charge is 0.255 e. The molecule has 0 spiro atoms. The van der Waals surface area contributed by atoms with Gasteiger partial charge in [-0.25, -0.2) is 0 Å². The van der Waals surface area contributed by atoms with E-state index in [9.17, 15) is 21.6 Å². The van der Waals surface area contributed by atoms with Crippen LogP contribution in [-0.4, -0.2) is 19.5 Å². The van der Waals surface area contributed by atoms with Crippen molar-refractivity contribution >= 4 is 10.1 Å². The van der Waals surface area contributed by atoms with E-state index in [1.807, 2.05) is 6.92 Å². The predicted octanol–water partition coefficient (Wildman–Crippen LogP) is 4.79. The molecule has 0 radical (unpaired) electrons. The van der Waals surface area contributed by atoms with E-state index in [0.29, 0.717) is 19.3 Å². The molecule has 3 nitrogen and oxygen atoms in total. The molecule has 0 aliphatic heterocycles. The van der Waals surface area contributed by atoms with Gasteiger partial charge in [0.15, 0.2) is 0 Å². The zero-order chi connectivity index (χ0) is 17.7. The second-order valence-electron chi connectivity index (χ2n) is 7.27. The average molecular weight is 354 g/mol. The van der Waals surface area contributed by atoms with E-state index in [-0.39, 0.29) is 11.8 Å². The van der Waals surface area contributed by atoms with Gasteiger partial charge in [0.05, 0.1) is 0 Å². The Bertz CT molecular complexity index is 580. The summed E-state index contributed by atoms with van der Waals surface area (Å²) in [6.07, 6.45) is 4.48. The SMILES string of the molecule is C=C1[C@@H]2CC[C@@](OS(=O)(=O)C(F)(F)F)([C@@H]2CCCCC)C1(C)C. The maximum absolute atomic E-state index is 12.9. The Balaban J connectivity index is 2.39. The first-order valence-electron chi connectivity index (χ1n) is 8.12. The zero-order valence-electron chi connectivity index (χ0n) is 13.9. The quantitative estimate of drug-likeness (QED) is 0.298. The Kier molecular flexibility index (Phi) is 4.70. The Hall–Kier alpha value is -0.560. The summed E-state index contributed by atoms with van der Waals surface area (Å²) < 4.78 is 66.9. The second-order valence-corrected chi connectivity index (χ2v) is 8.81. The van der Waals surface area contributed by atoms with E-state index in [1.165, 1.54) is 0 Å². The van der Waals surface area contributed by atoms with Gasteiger partial charge in [0.25, 0.3) is 0 Å². The number of halogens is 3. The summed E-state index contributed by atoms with van der Waals surface area (Å²) in [7, 11) is -5.62. The molecule has 2 fully saturated rings. The molecule has 7 heteroatoms. The molecule has 2 aliphatic carbocycles. The first-order chi connectivity index (χ1) is 10.4. The van der Waals surface area contributed by atoms with Crippen LogP contribution in [0.15, 0.2) is 12.2 Å². The first kappa shape index (κ1) is 18.8. The maximum Gasteiger partial charge on any atom is 0.523 e. The van der Waals surface area contributed by atoms with Crippen LogP contribution in [0.4, 0.5) is 13.2 Å². The van der Waals surface area contributed by atoms with Crippen LogP contribution < -0.4 is 0 Å². The van der Waals surface area contributed by atoms with E-state index in [1.54, 1.807) is 13.8 Å². The van der Waals surface area contributed by atoms with Crippen molar-refractivity contribution in [1.29, 1.82) is 0 Å². The minimum Gasteiger partial charge on any atom is -0.255 e. The minimum atomic E-state index is -5.62. The van der Waals surface area contributed by atoms with Gasteiger partial charge in [0.2, 0.25) is 0 Å². The van der Waals surface area contributed by atoms with Crippen molar-refractivity contribution in [3.63, 3.8) is 0 Å². The molecule has 0 aromatic rings. The summed E-state index contributed by atoms with van der Waals surface area (Å²) in [6.45, 7) is 9.61. The Morgan fingerprint density at radius 1 is 1.30 bits per heavy atom. The van der Waals surface area contributed by atoms with Gasteiger partial charge in [-0.3, -0.25) is 4.18 Å². The monoisotopic (exact) mass is 354 g/mol. The van der Waals surface area contributed by atoms with Crippen LogP contribution in [0.2, 0.25) is 0 Å². The highest BCUT2D eigenvalue weighted by Gasteiger charge is 2.69. The largest absolute Gasteiger partial charge is 0.523 e. The molecule has 2 bridgehead atoms. The fourth-order valence-electron chi connectivity index (χ4n) is 4.51. The van der Waals surface area contributed by atoms with Crippen LogP contribution in [0.1, 0.15) is 59.3 Å². The predicted molar refractivity (Wildman–Crippen MR) is 82.1 cm³/mol. The van der Waals surface area contributed by atoms with Crippen molar-refractivity contribution in [3.05, 3.63) is 12.2 Å². The number of alkyl halides is 3. The van der Waals surface area contributed by atoms with Crippen molar-refractivity contribution in [1.82, 2.24) is 0 Å². The zero-order valence-corrected chi connectivity index (χ0v) is 14.7. The van der Waals surface area contributed by atoms with Crippen LogP contribution in [0.3, 0.4) is 0 Å². The second kappa shape index (κ2) is 5.76. The van der Waals surface area contributed by atoms with Gasteiger partial charge in [0.1, 0.15) is 5.60 Å². The highest BCUT2D eigenvalue weighted by molar-refractivity contribution is 7.87. The van der Waals surface area contributed by atoms with Crippen LogP contribution in [0.25, 0.3) is 0 Å². The Labute approximate surface area is 136 Å². The third kappa shape index (κ3) is 2.73. The van der Waals surface area contributed by atoms with Gasteiger partial charge in [-0.1, -0.05) is 52.2 Å². The molecule has 0 aromatic carbocycles.